The van der Waals surface area contributed by atoms with E-state index >= 15 is 0 Å². The van der Waals surface area contributed by atoms with Crippen LogP contribution in [0.1, 0.15) is 52.7 Å². The molecule has 0 spiro atoms. The van der Waals surface area contributed by atoms with Crippen molar-refractivity contribution in [2.24, 2.45) is 0 Å². The van der Waals surface area contributed by atoms with Gasteiger partial charge in [0.1, 0.15) is 27.7 Å². The van der Waals surface area contributed by atoms with Crippen LogP contribution in [0.2, 0.25) is 0 Å². The summed E-state index contributed by atoms with van der Waals surface area (Å²) in [4.78, 5) is 25.3. The van der Waals surface area contributed by atoms with Crippen LogP contribution in [0.25, 0.3) is 11.0 Å². The lowest BCUT2D eigenvalue weighted by Crippen LogP contribution is -2.47. The maximum absolute atomic E-state index is 13.1. The van der Waals surface area contributed by atoms with Crippen molar-refractivity contribution in [1.82, 2.24) is 15.6 Å². The molecule has 12 heteroatoms. The number of nitrogens with one attached hydrogen (secondary N) is 2. The Bertz CT molecular complexity index is 1400. The monoisotopic (exact) mass is 532 g/mol. The molecule has 0 aliphatic rings. The third-order valence-corrected chi connectivity index (χ3v) is 6.36. The summed E-state index contributed by atoms with van der Waals surface area (Å²) in [7, 11) is -4.04. The highest BCUT2D eigenvalue weighted by atomic mass is 32.2. The molecular weight excluding hydrogens is 500 g/mol. The first kappa shape index (κ1) is 27.9. The molecule has 0 saturated heterocycles. The van der Waals surface area contributed by atoms with E-state index in [2.05, 4.69) is 25.0 Å². The second kappa shape index (κ2) is 10.4. The molecule has 0 bridgehead atoms. The lowest BCUT2D eigenvalue weighted by Gasteiger charge is -2.26. The quantitative estimate of drug-likeness (QED) is 0.429. The Hall–Kier alpha value is -3.67. The van der Waals surface area contributed by atoms with Gasteiger partial charge in [0.05, 0.1) is 0 Å². The van der Waals surface area contributed by atoms with Crippen molar-refractivity contribution in [3.63, 3.8) is 0 Å². The number of hydrogen-bond acceptors (Lipinski definition) is 9. The van der Waals surface area contributed by atoms with Crippen molar-refractivity contribution in [3.8, 4) is 0 Å². The molecule has 0 fully saturated rings. The third-order valence-electron chi connectivity index (χ3n) is 4.95. The van der Waals surface area contributed by atoms with E-state index in [1.54, 1.807) is 65.8 Å². The van der Waals surface area contributed by atoms with E-state index in [9.17, 15) is 18.0 Å². The first-order chi connectivity index (χ1) is 17.0. The summed E-state index contributed by atoms with van der Waals surface area (Å²) in [5.41, 5.74) is 0.524. The molecule has 1 atom stereocenters. The maximum Gasteiger partial charge on any atom is 0.408 e. The summed E-state index contributed by atoms with van der Waals surface area (Å²) in [6.07, 6.45) is -0.731. The Morgan fingerprint density at radius 1 is 1.00 bits per heavy atom. The van der Waals surface area contributed by atoms with E-state index in [1.165, 1.54) is 12.1 Å². The van der Waals surface area contributed by atoms with Crippen LogP contribution < -0.4 is 10.0 Å². The fraction of sp³-hybridized carbons (Fsp3) is 0.440. The van der Waals surface area contributed by atoms with Crippen molar-refractivity contribution in [2.45, 2.75) is 77.0 Å². The number of aryl methyl sites for hydroxylation is 1. The molecule has 37 heavy (non-hydrogen) atoms. The smallest absolute Gasteiger partial charge is 0.408 e. The SMILES string of the molecule is Cc1ccc(NS(=O)(=O)c2cccc3nonc23)cc1C[C@H](NC(=O)OC(C)(C)C)C(=O)OC(C)(C)C. The van der Waals surface area contributed by atoms with Crippen molar-refractivity contribution < 1.29 is 32.1 Å². The predicted molar refractivity (Wildman–Crippen MR) is 136 cm³/mol. The molecule has 1 amide bonds. The minimum Gasteiger partial charge on any atom is -0.458 e. The van der Waals surface area contributed by atoms with Gasteiger partial charge in [0.25, 0.3) is 10.0 Å². The van der Waals surface area contributed by atoms with E-state index < -0.39 is 39.3 Å². The highest BCUT2D eigenvalue weighted by molar-refractivity contribution is 7.93. The summed E-state index contributed by atoms with van der Waals surface area (Å²) in [6.45, 7) is 12.1. The van der Waals surface area contributed by atoms with E-state index in [4.69, 9.17) is 9.47 Å². The van der Waals surface area contributed by atoms with Crippen LogP contribution in [0.5, 0.6) is 0 Å². The molecule has 2 aromatic carbocycles. The molecule has 1 aromatic heterocycles. The van der Waals surface area contributed by atoms with E-state index in [-0.39, 0.29) is 22.5 Å². The molecule has 200 valence electrons. The minimum absolute atomic E-state index is 0.0400. The van der Waals surface area contributed by atoms with E-state index in [0.717, 1.165) is 5.56 Å². The molecule has 11 nitrogen and oxygen atoms in total. The Balaban J connectivity index is 1.88. The number of esters is 1. The standard InChI is InChI=1S/C25H32N4O7S/c1-15-11-12-17(29-37(32,33)20-10-8-9-18-21(20)28-36-27-18)13-16(15)14-19(22(30)34-24(2,3)4)26-23(31)35-25(5,6)7/h8-13,19,29H,14H2,1-7H3,(H,26,31)/t19-/m0/s1. The number of anilines is 1. The number of sulfonamides is 1. The fourth-order valence-corrected chi connectivity index (χ4v) is 4.60. The molecule has 3 rings (SSSR count). The number of fused-ring (bicyclic) bond motifs is 1. The van der Waals surface area contributed by atoms with Gasteiger partial charge >= 0.3 is 12.1 Å². The zero-order valence-electron chi connectivity index (χ0n) is 21.9. The normalized spacial score (nSPS) is 13.2. The largest absolute Gasteiger partial charge is 0.458 e. The van der Waals surface area contributed by atoms with Crippen LogP contribution in [0.15, 0.2) is 45.9 Å². The van der Waals surface area contributed by atoms with E-state index in [0.29, 0.717) is 11.1 Å². The summed E-state index contributed by atoms with van der Waals surface area (Å²) in [5, 5.41) is 9.95. The van der Waals surface area contributed by atoms with Crippen LogP contribution in [0.4, 0.5) is 10.5 Å². The van der Waals surface area contributed by atoms with Gasteiger partial charge in [0, 0.05) is 12.1 Å². The van der Waals surface area contributed by atoms with Gasteiger partial charge in [0.15, 0.2) is 5.52 Å². The van der Waals surface area contributed by atoms with Crippen molar-refractivity contribution in [3.05, 3.63) is 47.5 Å². The molecule has 0 saturated carbocycles. The zero-order valence-corrected chi connectivity index (χ0v) is 22.7. The molecular formula is C25H32N4O7S. The van der Waals surface area contributed by atoms with Crippen molar-refractivity contribution in [2.75, 3.05) is 4.72 Å². The van der Waals surface area contributed by atoms with Crippen LogP contribution in [-0.2, 0) is 30.7 Å². The second-order valence-corrected chi connectivity index (χ2v) is 12.2. The average molecular weight is 533 g/mol. The number of benzene rings is 2. The highest BCUT2D eigenvalue weighted by Crippen LogP contribution is 2.25. The number of nitrogens with zero attached hydrogens (tertiary/aromatic N) is 2. The van der Waals surface area contributed by atoms with E-state index in [1.807, 2.05) is 6.92 Å². The van der Waals surface area contributed by atoms with Gasteiger partial charge in [0.2, 0.25) is 0 Å². The van der Waals surface area contributed by atoms with Crippen molar-refractivity contribution >= 4 is 38.8 Å². The van der Waals surface area contributed by atoms with Crippen LogP contribution in [0, 0.1) is 6.92 Å². The number of carbonyl (C=O) groups is 2. The van der Waals surface area contributed by atoms with Gasteiger partial charge in [-0.3, -0.25) is 4.72 Å². The topological polar surface area (TPSA) is 150 Å². The highest BCUT2D eigenvalue weighted by Gasteiger charge is 2.29. The number of ether oxygens (including phenoxy) is 2. The molecule has 0 aliphatic carbocycles. The van der Waals surface area contributed by atoms with Gasteiger partial charge in [-0.1, -0.05) is 12.1 Å². The summed E-state index contributed by atoms with van der Waals surface area (Å²) in [5.74, 6) is -0.644. The number of rotatable bonds is 7. The fourth-order valence-electron chi connectivity index (χ4n) is 3.40. The second-order valence-electron chi connectivity index (χ2n) is 10.6. The van der Waals surface area contributed by atoms with Crippen LogP contribution in [-0.4, -0.2) is 48.0 Å². The first-order valence-electron chi connectivity index (χ1n) is 11.6. The van der Waals surface area contributed by atoms with Gasteiger partial charge < -0.3 is 14.8 Å². The Labute approximate surface area is 215 Å². The van der Waals surface area contributed by atoms with Gasteiger partial charge in [-0.25, -0.2) is 22.6 Å². The Kier molecular flexibility index (Phi) is 7.82. The number of amides is 1. The number of carbonyl (C=O) groups excluding carboxylic acids is 2. The van der Waals surface area contributed by atoms with Crippen molar-refractivity contribution in [1.29, 1.82) is 0 Å². The van der Waals surface area contributed by atoms with Gasteiger partial charge in [-0.15, -0.1) is 0 Å². The summed E-state index contributed by atoms with van der Waals surface area (Å²) < 4.78 is 44.2. The lowest BCUT2D eigenvalue weighted by atomic mass is 10.00. The molecule has 0 unspecified atom stereocenters. The third kappa shape index (κ3) is 7.66. The molecule has 3 aromatic rings. The number of aromatic nitrogens is 2. The summed E-state index contributed by atoms with van der Waals surface area (Å²) in [6, 6.07) is 8.36. The molecule has 0 aliphatic heterocycles. The van der Waals surface area contributed by atoms with Crippen LogP contribution in [0.3, 0.4) is 0 Å². The lowest BCUT2D eigenvalue weighted by molar-refractivity contribution is -0.157. The van der Waals surface area contributed by atoms with Crippen LogP contribution >= 0.6 is 0 Å². The maximum atomic E-state index is 13.1. The average Bonchev–Trinajstić information content (AvgIpc) is 3.21. The number of hydrogen-bond donors (Lipinski definition) is 2. The zero-order chi connectivity index (χ0) is 27.6. The summed E-state index contributed by atoms with van der Waals surface area (Å²) >= 11 is 0. The molecule has 1 heterocycles. The van der Waals surface area contributed by atoms with Gasteiger partial charge in [-0.2, -0.15) is 0 Å². The Morgan fingerprint density at radius 3 is 2.32 bits per heavy atom. The Morgan fingerprint density at radius 2 is 1.68 bits per heavy atom. The first-order valence-corrected chi connectivity index (χ1v) is 13.1. The minimum atomic E-state index is -4.04. The number of alkyl carbamates (subject to hydrolysis) is 1. The predicted octanol–water partition coefficient (Wildman–Crippen LogP) is 4.11. The van der Waals surface area contributed by atoms with Gasteiger partial charge in [-0.05, 0) is 94.2 Å². The molecule has 0 radical (unpaired) electrons. The molecule has 2 N–H and O–H groups in total.